The van der Waals surface area contributed by atoms with Gasteiger partial charge in [-0.25, -0.2) is 0 Å². The molecule has 0 aromatic heterocycles. The predicted molar refractivity (Wildman–Crippen MR) is 301 cm³/mol. The average molecular weight is 973 g/mol. The van der Waals surface area contributed by atoms with Gasteiger partial charge in [0.05, 0.1) is 25.4 Å². The number of carbonyl (C=O) groups is 2. The number of amides is 1. The van der Waals surface area contributed by atoms with Crippen molar-refractivity contribution >= 4 is 11.9 Å². The molecule has 0 aliphatic rings. The zero-order chi connectivity index (χ0) is 50.0. The minimum absolute atomic E-state index is 0.0227. The Hall–Kier alpha value is -1.66. The smallest absolute Gasteiger partial charge is 0.305 e. The molecule has 0 spiro atoms. The van der Waals surface area contributed by atoms with E-state index in [9.17, 15) is 19.8 Å². The van der Waals surface area contributed by atoms with E-state index in [2.05, 4.69) is 31.3 Å². The summed E-state index contributed by atoms with van der Waals surface area (Å²) < 4.78 is 5.48. The van der Waals surface area contributed by atoms with Gasteiger partial charge in [0.2, 0.25) is 5.91 Å². The van der Waals surface area contributed by atoms with E-state index >= 15 is 0 Å². The van der Waals surface area contributed by atoms with Crippen LogP contribution in [-0.2, 0) is 14.3 Å². The van der Waals surface area contributed by atoms with Crippen LogP contribution in [0.5, 0.6) is 0 Å². The Bertz CT molecular complexity index is 1080. The number of unbranched alkanes of at least 4 members (excludes halogenated alkanes) is 45. The number of allylic oxidation sites excluding steroid dienone is 3. The Morgan fingerprint density at radius 3 is 1.03 bits per heavy atom. The Balaban J connectivity index is 3.49. The fraction of sp³-hybridized carbons (Fsp3) is 0.905. The number of esters is 1. The minimum Gasteiger partial charge on any atom is -0.466 e. The summed E-state index contributed by atoms with van der Waals surface area (Å²) in [5.41, 5.74) is 0. The molecule has 0 bridgehead atoms. The van der Waals surface area contributed by atoms with Gasteiger partial charge >= 0.3 is 5.97 Å². The monoisotopic (exact) mass is 972 g/mol. The SMILES string of the molecule is CCCCCCCCC/C=C\CCCCCCCCCC(=O)OCCCCCCCCCCCCC(=O)NC(CO)C(O)/C=C/CCCCCCCCCCCCCCCCCCCCCCCC. The van der Waals surface area contributed by atoms with E-state index in [1.807, 2.05) is 6.08 Å². The molecule has 0 aliphatic heterocycles. The molecule has 408 valence electrons. The van der Waals surface area contributed by atoms with Crippen LogP contribution in [0.2, 0.25) is 0 Å². The molecule has 0 fully saturated rings. The fourth-order valence-electron chi connectivity index (χ4n) is 9.69. The zero-order valence-electron chi connectivity index (χ0n) is 46.6. The van der Waals surface area contributed by atoms with Crippen molar-refractivity contribution in [3.05, 3.63) is 24.3 Å². The number of ether oxygens (including phenoxy) is 1. The van der Waals surface area contributed by atoms with Gasteiger partial charge < -0.3 is 20.3 Å². The maximum atomic E-state index is 12.5. The molecular formula is C63H121NO5. The number of hydrogen-bond acceptors (Lipinski definition) is 5. The van der Waals surface area contributed by atoms with Crippen molar-refractivity contribution in [3.8, 4) is 0 Å². The van der Waals surface area contributed by atoms with Gasteiger partial charge in [-0.3, -0.25) is 9.59 Å². The van der Waals surface area contributed by atoms with Gasteiger partial charge in [0.1, 0.15) is 0 Å². The summed E-state index contributed by atoms with van der Waals surface area (Å²) in [6.45, 7) is 4.87. The highest BCUT2D eigenvalue weighted by molar-refractivity contribution is 5.76. The summed E-state index contributed by atoms with van der Waals surface area (Å²) in [4.78, 5) is 24.6. The van der Waals surface area contributed by atoms with E-state index in [4.69, 9.17) is 4.74 Å². The Kier molecular flexibility index (Phi) is 57.5. The Labute approximate surface area is 431 Å². The molecule has 0 heterocycles. The van der Waals surface area contributed by atoms with Crippen LogP contribution in [0.25, 0.3) is 0 Å². The van der Waals surface area contributed by atoms with Gasteiger partial charge in [0, 0.05) is 12.8 Å². The van der Waals surface area contributed by atoms with Crippen molar-refractivity contribution in [3.63, 3.8) is 0 Å². The van der Waals surface area contributed by atoms with Crippen LogP contribution in [0.15, 0.2) is 24.3 Å². The van der Waals surface area contributed by atoms with Gasteiger partial charge in [-0.2, -0.15) is 0 Å². The van der Waals surface area contributed by atoms with E-state index in [1.165, 1.54) is 257 Å². The lowest BCUT2D eigenvalue weighted by Crippen LogP contribution is -2.45. The summed E-state index contributed by atoms with van der Waals surface area (Å²) in [5.74, 6) is -0.110. The molecule has 1 amide bonds. The third-order valence-corrected chi connectivity index (χ3v) is 14.5. The molecule has 2 atom stereocenters. The second kappa shape index (κ2) is 58.9. The van der Waals surface area contributed by atoms with Gasteiger partial charge in [-0.15, -0.1) is 0 Å². The number of aliphatic hydroxyl groups is 2. The van der Waals surface area contributed by atoms with Crippen LogP contribution < -0.4 is 5.32 Å². The zero-order valence-corrected chi connectivity index (χ0v) is 46.6. The van der Waals surface area contributed by atoms with E-state index in [0.717, 1.165) is 57.8 Å². The van der Waals surface area contributed by atoms with Crippen molar-refractivity contribution in [2.24, 2.45) is 0 Å². The second-order valence-corrected chi connectivity index (χ2v) is 21.4. The summed E-state index contributed by atoms with van der Waals surface area (Å²) >= 11 is 0. The lowest BCUT2D eigenvalue weighted by atomic mass is 10.0. The molecule has 2 unspecified atom stereocenters. The molecule has 0 aliphatic carbocycles. The minimum atomic E-state index is -0.861. The van der Waals surface area contributed by atoms with Crippen molar-refractivity contribution < 1.29 is 24.5 Å². The number of carbonyl (C=O) groups excluding carboxylic acids is 2. The molecule has 6 heteroatoms. The maximum absolute atomic E-state index is 12.5. The summed E-state index contributed by atoms with van der Waals surface area (Å²) in [6.07, 6.45) is 72.1. The molecule has 0 saturated heterocycles. The largest absolute Gasteiger partial charge is 0.466 e. The van der Waals surface area contributed by atoms with Crippen molar-refractivity contribution in [2.45, 2.75) is 353 Å². The second-order valence-electron chi connectivity index (χ2n) is 21.4. The summed E-state index contributed by atoms with van der Waals surface area (Å²) in [6, 6.07) is -0.646. The van der Waals surface area contributed by atoms with Crippen LogP contribution in [0.1, 0.15) is 341 Å². The molecule has 3 N–H and O–H groups in total. The van der Waals surface area contributed by atoms with E-state index in [-0.39, 0.29) is 18.5 Å². The molecule has 69 heavy (non-hydrogen) atoms. The Morgan fingerprint density at radius 2 is 0.681 bits per heavy atom. The lowest BCUT2D eigenvalue weighted by Gasteiger charge is -2.20. The summed E-state index contributed by atoms with van der Waals surface area (Å²) in [7, 11) is 0. The van der Waals surface area contributed by atoms with Crippen LogP contribution in [-0.4, -0.2) is 47.4 Å². The average Bonchev–Trinajstić information content (AvgIpc) is 3.35. The molecule has 6 nitrogen and oxygen atoms in total. The molecule has 0 saturated carbocycles. The first-order chi connectivity index (χ1) is 34.0. The predicted octanol–water partition coefficient (Wildman–Crippen LogP) is 19.4. The van der Waals surface area contributed by atoms with Crippen LogP contribution in [0.3, 0.4) is 0 Å². The molecular weight excluding hydrogens is 851 g/mol. The maximum Gasteiger partial charge on any atom is 0.305 e. The number of rotatable bonds is 58. The van der Waals surface area contributed by atoms with Gasteiger partial charge in [-0.1, -0.05) is 295 Å². The first-order valence-electron chi connectivity index (χ1n) is 31.1. The quantitative estimate of drug-likeness (QED) is 0.0321. The van der Waals surface area contributed by atoms with Crippen LogP contribution in [0.4, 0.5) is 0 Å². The third kappa shape index (κ3) is 55.5. The van der Waals surface area contributed by atoms with Crippen LogP contribution in [0, 0.1) is 0 Å². The molecule has 0 rings (SSSR count). The number of nitrogens with one attached hydrogen (secondary N) is 1. The third-order valence-electron chi connectivity index (χ3n) is 14.5. The number of hydrogen-bond donors (Lipinski definition) is 3. The van der Waals surface area contributed by atoms with E-state index in [1.54, 1.807) is 6.08 Å². The lowest BCUT2D eigenvalue weighted by molar-refractivity contribution is -0.143. The van der Waals surface area contributed by atoms with Crippen molar-refractivity contribution in [2.75, 3.05) is 13.2 Å². The summed E-state index contributed by atoms with van der Waals surface area (Å²) in [5, 5.41) is 23.2. The van der Waals surface area contributed by atoms with E-state index < -0.39 is 12.1 Å². The van der Waals surface area contributed by atoms with Gasteiger partial charge in [-0.05, 0) is 57.8 Å². The van der Waals surface area contributed by atoms with E-state index in [0.29, 0.717) is 19.4 Å². The number of aliphatic hydroxyl groups excluding tert-OH is 2. The highest BCUT2D eigenvalue weighted by Gasteiger charge is 2.18. The normalized spacial score (nSPS) is 12.7. The highest BCUT2D eigenvalue weighted by Crippen LogP contribution is 2.17. The molecule has 0 radical (unpaired) electrons. The van der Waals surface area contributed by atoms with Gasteiger partial charge in [0.15, 0.2) is 0 Å². The first kappa shape index (κ1) is 67.3. The van der Waals surface area contributed by atoms with Crippen LogP contribution >= 0.6 is 0 Å². The highest BCUT2D eigenvalue weighted by atomic mass is 16.5. The Morgan fingerprint density at radius 1 is 0.391 bits per heavy atom. The van der Waals surface area contributed by atoms with Crippen molar-refractivity contribution in [1.29, 1.82) is 0 Å². The van der Waals surface area contributed by atoms with Gasteiger partial charge in [0.25, 0.3) is 0 Å². The standard InChI is InChI=1S/C63H121NO5/c1-3-5-7-9-11-13-15-17-19-21-23-24-25-26-27-28-29-31-33-35-39-43-47-51-55-61(66)60(59-65)64-62(67)56-52-48-44-40-37-38-42-46-50-54-58-69-63(68)57-53-49-45-41-36-34-32-30-22-20-18-16-14-12-10-8-6-4-2/h20,22,51,55,60-61,65-66H,3-19,21,23-50,52-54,56-59H2,1-2H3,(H,64,67)/b22-20-,55-51+. The molecule has 0 aromatic carbocycles. The van der Waals surface area contributed by atoms with Crippen molar-refractivity contribution in [1.82, 2.24) is 5.32 Å². The fourth-order valence-corrected chi connectivity index (χ4v) is 9.69. The first-order valence-corrected chi connectivity index (χ1v) is 31.1. The topological polar surface area (TPSA) is 95.9 Å². The molecule has 0 aromatic rings.